The molecule has 0 amide bonds. The number of alkyl halides is 6. The number of benzene rings is 2. The minimum atomic E-state index is -4.89. The number of esters is 2. The Kier molecular flexibility index (Phi) is 15.6. The van der Waals surface area contributed by atoms with Gasteiger partial charge in [-0.3, -0.25) is 9.36 Å². The summed E-state index contributed by atoms with van der Waals surface area (Å²) in [5.74, 6) is -3.08. The number of ether oxygens (including phenoxy) is 3. The number of aliphatic hydroxyl groups is 2. The number of hydrogen-bond acceptors (Lipinski definition) is 15. The van der Waals surface area contributed by atoms with Crippen molar-refractivity contribution < 1.29 is 74.5 Å². The number of phenolic OH excluding ortho intramolecular Hbond substituents is 1. The molecule has 6 aromatic rings. The number of carbonyl (C=O) groups excluding carboxylic acids is 2. The molecule has 6 rings (SSSR count). The number of rotatable bonds is 14. The van der Waals surface area contributed by atoms with Gasteiger partial charge in [0.2, 0.25) is 0 Å². The maximum atomic E-state index is 14.0. The third-order valence-electron chi connectivity index (χ3n) is 8.99. The monoisotopic (exact) mass is 961 g/mol. The molecular weight excluding hydrogens is 923 g/mol. The van der Waals surface area contributed by atoms with Crippen LogP contribution >= 0.6 is 23.2 Å². The molecule has 0 fully saturated rings. The Balaban J connectivity index is 0.000000247. The summed E-state index contributed by atoms with van der Waals surface area (Å²) in [6.45, 7) is 2.69. The number of carbonyl (C=O) groups is 2. The van der Waals surface area contributed by atoms with Gasteiger partial charge >= 0.3 is 24.3 Å². The second-order valence-electron chi connectivity index (χ2n) is 14.2. The number of aromatic nitrogens is 6. The first kappa shape index (κ1) is 49.9. The smallest absolute Gasteiger partial charge is 0.433 e. The molecule has 0 radical (unpaired) electrons. The largest absolute Gasteiger partial charge is 0.506 e. The van der Waals surface area contributed by atoms with E-state index in [4.69, 9.17) is 46.5 Å². The fraction of sp³-hybridized carbons (Fsp3) is 0.350. The predicted molar refractivity (Wildman–Crippen MR) is 218 cm³/mol. The molecule has 17 nitrogen and oxygen atoms in total. The van der Waals surface area contributed by atoms with Gasteiger partial charge in [0.05, 0.1) is 73.1 Å². The molecule has 3 N–H and O–H groups in total. The standard InChI is InChI=1S/C22H24ClF3N4O5.C18H15ClF3N3O5/c1-12(31)11-30-20(22(24,25)26)14(10-27-30)19-16(21(32)33-4)18(28-35-19)13-6-5-7-15(17(13)23)34-9-8-29(2)3;1-8(26)7-25-16(18(20,21)22)10(6-23-25)15-12(17(28)29-2)14(24-30-15)9-4-3-5-11(27)13(9)19/h5-7,10,12,31H,8-9,11H2,1-4H3;3-6,8,26-27H,7H2,1-2H3/t12-;8-/m00/s1. The van der Waals surface area contributed by atoms with E-state index in [0.29, 0.717) is 28.3 Å². The van der Waals surface area contributed by atoms with Crippen molar-refractivity contribution in [3.05, 3.63) is 81.4 Å². The van der Waals surface area contributed by atoms with Crippen LogP contribution in [0.15, 0.2) is 57.8 Å². The van der Waals surface area contributed by atoms with Crippen LogP contribution in [0.1, 0.15) is 46.0 Å². The van der Waals surface area contributed by atoms with E-state index in [1.54, 1.807) is 12.1 Å². The van der Waals surface area contributed by atoms with Crippen LogP contribution in [0.25, 0.3) is 45.2 Å². The van der Waals surface area contributed by atoms with Gasteiger partial charge in [0, 0.05) is 17.7 Å². The van der Waals surface area contributed by atoms with Gasteiger partial charge in [-0.2, -0.15) is 36.5 Å². The number of likely N-dealkylation sites (N-methyl/N-ethyl adjacent to an activating group) is 1. The fourth-order valence-electron chi connectivity index (χ4n) is 6.22. The molecule has 0 aliphatic carbocycles. The second-order valence-corrected chi connectivity index (χ2v) is 15.0. The van der Waals surface area contributed by atoms with Crippen LogP contribution in [-0.4, -0.2) is 116 Å². The quantitative estimate of drug-likeness (QED) is 0.0704. The lowest BCUT2D eigenvalue weighted by Gasteiger charge is -2.14. The van der Waals surface area contributed by atoms with Crippen LogP contribution in [0.3, 0.4) is 0 Å². The van der Waals surface area contributed by atoms with Gasteiger partial charge in [-0.1, -0.05) is 57.8 Å². The third-order valence-corrected chi connectivity index (χ3v) is 9.78. The van der Waals surface area contributed by atoms with E-state index < -0.39 is 89.2 Å². The molecule has 65 heavy (non-hydrogen) atoms. The molecule has 4 aromatic heterocycles. The van der Waals surface area contributed by atoms with E-state index in [2.05, 4.69) is 20.5 Å². The van der Waals surface area contributed by atoms with Gasteiger partial charge in [0.25, 0.3) is 0 Å². The first-order chi connectivity index (χ1) is 30.5. The number of methoxy groups -OCH3 is 2. The number of nitrogens with zero attached hydrogens (tertiary/aromatic N) is 7. The summed E-state index contributed by atoms with van der Waals surface area (Å²) in [6.07, 6.45) is -10.2. The highest BCUT2D eigenvalue weighted by Crippen LogP contribution is 2.45. The average molecular weight is 963 g/mol. The van der Waals surface area contributed by atoms with Gasteiger partial charge in [0.15, 0.2) is 22.9 Å². The molecule has 0 saturated heterocycles. The zero-order chi connectivity index (χ0) is 48.1. The summed E-state index contributed by atoms with van der Waals surface area (Å²) in [5, 5.41) is 43.8. The first-order valence-corrected chi connectivity index (χ1v) is 19.6. The van der Waals surface area contributed by atoms with E-state index >= 15 is 0 Å². The van der Waals surface area contributed by atoms with E-state index in [9.17, 15) is 51.3 Å². The van der Waals surface area contributed by atoms with Crippen LogP contribution in [0, 0.1) is 0 Å². The number of phenols is 1. The van der Waals surface area contributed by atoms with Crippen LogP contribution in [0.4, 0.5) is 26.3 Å². The van der Waals surface area contributed by atoms with Gasteiger partial charge < -0.3 is 43.5 Å². The van der Waals surface area contributed by atoms with Crippen molar-refractivity contribution in [3.8, 4) is 56.7 Å². The molecule has 0 spiro atoms. The molecule has 0 bridgehead atoms. The summed E-state index contributed by atoms with van der Waals surface area (Å²) >= 11 is 12.6. The minimum Gasteiger partial charge on any atom is -0.506 e. The topological polar surface area (TPSA) is 213 Å². The Bertz CT molecular complexity index is 2640. The SMILES string of the molecule is COC(=O)c1c(-c2cccc(O)c2Cl)noc1-c1cnn(C[C@H](C)O)c1C(F)(F)F.COC(=O)c1c(-c2cccc(OCCN(C)C)c2Cl)noc1-c1cnn(C[C@H](C)O)c1C(F)(F)F. The molecule has 350 valence electrons. The van der Waals surface area contributed by atoms with Crippen LogP contribution in [0.2, 0.25) is 10.0 Å². The normalized spacial score (nSPS) is 12.8. The van der Waals surface area contributed by atoms with E-state index in [-0.39, 0.29) is 43.9 Å². The Morgan fingerprint density at radius 1 is 0.738 bits per heavy atom. The summed E-state index contributed by atoms with van der Waals surface area (Å²) in [5.41, 5.74) is -4.41. The highest BCUT2D eigenvalue weighted by Gasteiger charge is 2.43. The highest BCUT2D eigenvalue weighted by atomic mass is 35.5. The van der Waals surface area contributed by atoms with Crippen molar-refractivity contribution in [2.45, 2.75) is 51.5 Å². The van der Waals surface area contributed by atoms with Crippen molar-refractivity contribution in [1.82, 2.24) is 34.8 Å². The van der Waals surface area contributed by atoms with Crippen molar-refractivity contribution in [3.63, 3.8) is 0 Å². The molecule has 2 aromatic carbocycles. The van der Waals surface area contributed by atoms with Gasteiger partial charge in [-0.15, -0.1) is 0 Å². The van der Waals surface area contributed by atoms with Crippen molar-refractivity contribution in [2.75, 3.05) is 41.5 Å². The zero-order valence-electron chi connectivity index (χ0n) is 35.0. The highest BCUT2D eigenvalue weighted by molar-refractivity contribution is 6.35. The summed E-state index contributed by atoms with van der Waals surface area (Å²) in [4.78, 5) is 27.0. The van der Waals surface area contributed by atoms with E-state index in [0.717, 1.165) is 26.6 Å². The minimum absolute atomic E-state index is 0.0528. The first-order valence-electron chi connectivity index (χ1n) is 18.8. The molecular formula is C40H39Cl2F6N7O10. The van der Waals surface area contributed by atoms with Crippen molar-refractivity contribution in [1.29, 1.82) is 0 Å². The molecule has 25 heteroatoms. The Labute approximate surface area is 374 Å². The molecule has 0 aliphatic rings. The molecule has 0 aliphatic heterocycles. The number of aromatic hydroxyl groups is 1. The lowest BCUT2D eigenvalue weighted by atomic mass is 10.0. The van der Waals surface area contributed by atoms with Gasteiger partial charge in [-0.25, -0.2) is 9.59 Å². The molecule has 0 unspecified atom stereocenters. The zero-order valence-corrected chi connectivity index (χ0v) is 36.5. The van der Waals surface area contributed by atoms with Crippen molar-refractivity contribution >= 4 is 35.1 Å². The lowest BCUT2D eigenvalue weighted by Crippen LogP contribution is -2.21. The fourth-order valence-corrected chi connectivity index (χ4v) is 6.71. The number of aliphatic hydroxyl groups excluding tert-OH is 2. The Morgan fingerprint density at radius 2 is 1.17 bits per heavy atom. The Hall–Kier alpha value is -6.14. The summed E-state index contributed by atoms with van der Waals surface area (Å²) < 4.78 is 110. The second kappa shape index (κ2) is 20.4. The number of hydrogen-bond donors (Lipinski definition) is 3. The molecule has 2 atom stereocenters. The number of halogens is 8. The maximum absolute atomic E-state index is 14.0. The van der Waals surface area contributed by atoms with Crippen molar-refractivity contribution in [2.24, 2.45) is 0 Å². The maximum Gasteiger partial charge on any atom is 0.433 e. The summed E-state index contributed by atoms with van der Waals surface area (Å²) in [7, 11) is 5.86. The van der Waals surface area contributed by atoms with Crippen LogP contribution in [0.5, 0.6) is 11.5 Å². The predicted octanol–water partition coefficient (Wildman–Crippen LogP) is 7.74. The molecule has 0 saturated carbocycles. The van der Waals surface area contributed by atoms with E-state index in [1.165, 1.54) is 38.1 Å². The van der Waals surface area contributed by atoms with Crippen LogP contribution in [-0.2, 0) is 34.9 Å². The van der Waals surface area contributed by atoms with Gasteiger partial charge in [-0.05, 0) is 40.1 Å². The average Bonchev–Trinajstić information content (AvgIpc) is 4.03. The summed E-state index contributed by atoms with van der Waals surface area (Å²) in [6, 6.07) is 8.83. The van der Waals surface area contributed by atoms with Crippen LogP contribution < -0.4 is 4.74 Å². The molecule has 4 heterocycles. The Morgan fingerprint density at radius 3 is 1.57 bits per heavy atom. The van der Waals surface area contributed by atoms with Gasteiger partial charge in [0.1, 0.15) is 40.6 Å². The lowest BCUT2D eigenvalue weighted by molar-refractivity contribution is -0.145. The van der Waals surface area contributed by atoms with E-state index in [1.807, 2.05) is 19.0 Å². The third kappa shape index (κ3) is 11.0.